The molecule has 90 valence electrons. The van der Waals surface area contributed by atoms with E-state index in [1.165, 1.54) is 5.56 Å². The van der Waals surface area contributed by atoms with Crippen LogP contribution < -0.4 is 5.32 Å². The maximum absolute atomic E-state index is 13.2. The van der Waals surface area contributed by atoms with Gasteiger partial charge in [0.15, 0.2) is 0 Å². The number of benzene rings is 1. The highest BCUT2D eigenvalue weighted by Gasteiger charge is 2.14. The Morgan fingerprint density at radius 3 is 2.56 bits per heavy atom. The molecular formula is C14H22FN. The van der Waals surface area contributed by atoms with E-state index in [4.69, 9.17) is 0 Å². The minimum absolute atomic E-state index is 0.115. The smallest absolute Gasteiger partial charge is 0.126 e. The SMILES string of the molecule is CCNCC(C)C(C)c1ccc(F)c(C)c1. The van der Waals surface area contributed by atoms with Gasteiger partial charge < -0.3 is 5.32 Å². The zero-order valence-corrected chi connectivity index (χ0v) is 10.7. The molecule has 16 heavy (non-hydrogen) atoms. The van der Waals surface area contributed by atoms with Gasteiger partial charge in [0, 0.05) is 0 Å². The lowest BCUT2D eigenvalue weighted by Gasteiger charge is -2.21. The molecule has 0 saturated heterocycles. The van der Waals surface area contributed by atoms with Crippen molar-refractivity contribution in [1.82, 2.24) is 5.32 Å². The topological polar surface area (TPSA) is 12.0 Å². The second kappa shape index (κ2) is 6.00. The van der Waals surface area contributed by atoms with Gasteiger partial charge in [0.05, 0.1) is 0 Å². The third kappa shape index (κ3) is 3.31. The van der Waals surface area contributed by atoms with Crippen LogP contribution in [0.3, 0.4) is 0 Å². The van der Waals surface area contributed by atoms with E-state index >= 15 is 0 Å². The van der Waals surface area contributed by atoms with Gasteiger partial charge in [-0.15, -0.1) is 0 Å². The molecule has 0 fully saturated rings. The third-order valence-corrected chi connectivity index (χ3v) is 3.28. The number of halogens is 1. The molecule has 0 spiro atoms. The van der Waals surface area contributed by atoms with E-state index in [1.807, 2.05) is 19.1 Å². The molecule has 1 aromatic carbocycles. The molecule has 0 radical (unpaired) electrons. The van der Waals surface area contributed by atoms with Gasteiger partial charge in [0.2, 0.25) is 0 Å². The number of hydrogen-bond donors (Lipinski definition) is 1. The van der Waals surface area contributed by atoms with Crippen LogP contribution in [0.1, 0.15) is 37.8 Å². The Hall–Kier alpha value is -0.890. The van der Waals surface area contributed by atoms with Crippen LogP contribution >= 0.6 is 0 Å². The summed E-state index contributed by atoms with van der Waals surface area (Å²) in [5, 5.41) is 3.35. The van der Waals surface area contributed by atoms with Crippen LogP contribution in [0, 0.1) is 18.7 Å². The molecule has 0 heterocycles. The largest absolute Gasteiger partial charge is 0.317 e. The van der Waals surface area contributed by atoms with Crippen molar-refractivity contribution >= 4 is 0 Å². The Kier molecular flexibility index (Phi) is 4.94. The first kappa shape index (κ1) is 13.2. The molecule has 0 aromatic heterocycles. The Balaban J connectivity index is 2.71. The van der Waals surface area contributed by atoms with Crippen molar-refractivity contribution in [3.8, 4) is 0 Å². The molecule has 0 bridgehead atoms. The molecule has 0 amide bonds. The summed E-state index contributed by atoms with van der Waals surface area (Å²) in [5.74, 6) is 0.901. The lowest BCUT2D eigenvalue weighted by atomic mass is 9.88. The minimum atomic E-state index is -0.115. The monoisotopic (exact) mass is 223 g/mol. The predicted octanol–water partition coefficient (Wildman–Crippen LogP) is 3.48. The van der Waals surface area contributed by atoms with Gasteiger partial charge in [-0.05, 0) is 49.0 Å². The van der Waals surface area contributed by atoms with Crippen LogP contribution in [0.25, 0.3) is 0 Å². The van der Waals surface area contributed by atoms with Crippen molar-refractivity contribution in [2.45, 2.75) is 33.6 Å². The van der Waals surface area contributed by atoms with E-state index in [0.29, 0.717) is 11.8 Å². The first-order chi connectivity index (χ1) is 7.56. The molecule has 0 aliphatic heterocycles. The zero-order valence-electron chi connectivity index (χ0n) is 10.7. The van der Waals surface area contributed by atoms with E-state index in [-0.39, 0.29) is 5.82 Å². The number of hydrogen-bond acceptors (Lipinski definition) is 1. The van der Waals surface area contributed by atoms with Crippen molar-refractivity contribution < 1.29 is 4.39 Å². The fraction of sp³-hybridized carbons (Fsp3) is 0.571. The third-order valence-electron chi connectivity index (χ3n) is 3.28. The van der Waals surface area contributed by atoms with E-state index in [2.05, 4.69) is 26.1 Å². The van der Waals surface area contributed by atoms with Gasteiger partial charge in [0.25, 0.3) is 0 Å². The fourth-order valence-electron chi connectivity index (χ4n) is 1.83. The normalized spacial score (nSPS) is 14.8. The van der Waals surface area contributed by atoms with E-state index in [1.54, 1.807) is 6.07 Å². The Labute approximate surface area is 98.1 Å². The minimum Gasteiger partial charge on any atom is -0.317 e. The molecule has 2 atom stereocenters. The molecule has 2 heteroatoms. The number of aryl methyl sites for hydroxylation is 1. The first-order valence-corrected chi connectivity index (χ1v) is 6.03. The maximum Gasteiger partial charge on any atom is 0.126 e. The summed E-state index contributed by atoms with van der Waals surface area (Å²) in [6.45, 7) is 10.4. The Morgan fingerprint density at radius 2 is 2.00 bits per heavy atom. The van der Waals surface area contributed by atoms with Crippen molar-refractivity contribution in [3.63, 3.8) is 0 Å². The van der Waals surface area contributed by atoms with Crippen molar-refractivity contribution in [3.05, 3.63) is 35.1 Å². The van der Waals surface area contributed by atoms with Crippen LogP contribution in [0.5, 0.6) is 0 Å². The number of rotatable bonds is 5. The second-order valence-corrected chi connectivity index (χ2v) is 4.58. The molecule has 1 aromatic rings. The fourth-order valence-corrected chi connectivity index (χ4v) is 1.83. The van der Waals surface area contributed by atoms with Gasteiger partial charge in [-0.3, -0.25) is 0 Å². The molecule has 0 aliphatic carbocycles. The molecule has 0 saturated carbocycles. The first-order valence-electron chi connectivity index (χ1n) is 6.03. The van der Waals surface area contributed by atoms with E-state index in [9.17, 15) is 4.39 Å². The highest BCUT2D eigenvalue weighted by atomic mass is 19.1. The van der Waals surface area contributed by atoms with Gasteiger partial charge in [-0.1, -0.05) is 32.9 Å². The summed E-state index contributed by atoms with van der Waals surface area (Å²) in [4.78, 5) is 0. The van der Waals surface area contributed by atoms with Crippen LogP contribution in [0.15, 0.2) is 18.2 Å². The van der Waals surface area contributed by atoms with E-state index < -0.39 is 0 Å². The molecule has 2 unspecified atom stereocenters. The molecular weight excluding hydrogens is 201 g/mol. The quantitative estimate of drug-likeness (QED) is 0.805. The van der Waals surface area contributed by atoms with E-state index in [0.717, 1.165) is 18.7 Å². The molecule has 0 aliphatic rings. The van der Waals surface area contributed by atoms with Crippen LogP contribution in [0.4, 0.5) is 4.39 Å². The van der Waals surface area contributed by atoms with Gasteiger partial charge in [0.1, 0.15) is 5.82 Å². The molecule has 1 rings (SSSR count). The standard InChI is InChI=1S/C14H22FN/c1-5-16-9-11(3)12(4)13-6-7-14(15)10(2)8-13/h6-8,11-12,16H,5,9H2,1-4H3. The van der Waals surface area contributed by atoms with Crippen LogP contribution in [-0.4, -0.2) is 13.1 Å². The van der Waals surface area contributed by atoms with Crippen molar-refractivity contribution in [2.75, 3.05) is 13.1 Å². The maximum atomic E-state index is 13.2. The zero-order chi connectivity index (χ0) is 12.1. The van der Waals surface area contributed by atoms with Crippen LogP contribution in [-0.2, 0) is 0 Å². The van der Waals surface area contributed by atoms with Crippen molar-refractivity contribution in [2.24, 2.45) is 5.92 Å². The van der Waals surface area contributed by atoms with Crippen LogP contribution in [0.2, 0.25) is 0 Å². The highest BCUT2D eigenvalue weighted by Crippen LogP contribution is 2.25. The lowest BCUT2D eigenvalue weighted by molar-refractivity contribution is 0.453. The average Bonchev–Trinajstić information content (AvgIpc) is 2.28. The van der Waals surface area contributed by atoms with Gasteiger partial charge in [-0.25, -0.2) is 4.39 Å². The lowest BCUT2D eigenvalue weighted by Crippen LogP contribution is -2.24. The molecule has 1 N–H and O–H groups in total. The Morgan fingerprint density at radius 1 is 1.31 bits per heavy atom. The van der Waals surface area contributed by atoms with Crippen molar-refractivity contribution in [1.29, 1.82) is 0 Å². The number of nitrogens with one attached hydrogen (secondary N) is 1. The van der Waals surface area contributed by atoms with Gasteiger partial charge in [-0.2, -0.15) is 0 Å². The molecule has 1 nitrogen and oxygen atoms in total. The second-order valence-electron chi connectivity index (χ2n) is 4.58. The predicted molar refractivity (Wildman–Crippen MR) is 67.3 cm³/mol. The summed E-state index contributed by atoms with van der Waals surface area (Å²) in [5.41, 5.74) is 1.96. The summed E-state index contributed by atoms with van der Waals surface area (Å²) in [6.07, 6.45) is 0. The highest BCUT2D eigenvalue weighted by molar-refractivity contribution is 5.26. The average molecular weight is 223 g/mol. The summed E-state index contributed by atoms with van der Waals surface area (Å²) in [6, 6.07) is 5.43. The van der Waals surface area contributed by atoms with Gasteiger partial charge >= 0.3 is 0 Å². The summed E-state index contributed by atoms with van der Waals surface area (Å²) in [7, 11) is 0. The summed E-state index contributed by atoms with van der Waals surface area (Å²) >= 11 is 0. The summed E-state index contributed by atoms with van der Waals surface area (Å²) < 4.78 is 13.2. The Bertz CT molecular complexity index is 336.